The van der Waals surface area contributed by atoms with Crippen LogP contribution in [0.3, 0.4) is 0 Å². The molecule has 0 radical (unpaired) electrons. The molecule has 0 bridgehead atoms. The molecule has 1 atom stereocenters. The van der Waals surface area contributed by atoms with Gasteiger partial charge < -0.3 is 0 Å². The SMILES string of the molecule is N#CCC1CCCN(CC(F)F)C1. The molecule has 2 nitrogen and oxygen atoms in total. The Morgan fingerprint density at radius 2 is 2.31 bits per heavy atom. The van der Waals surface area contributed by atoms with Crippen molar-refractivity contribution in [3.8, 4) is 6.07 Å². The Morgan fingerprint density at radius 1 is 1.54 bits per heavy atom. The standard InChI is InChI=1S/C9H14F2N2/c10-9(11)7-13-5-1-2-8(6-13)3-4-12/h8-9H,1-3,5-7H2. The maximum Gasteiger partial charge on any atom is 0.251 e. The van der Waals surface area contributed by atoms with Crippen LogP contribution >= 0.6 is 0 Å². The fourth-order valence-electron chi connectivity index (χ4n) is 1.81. The summed E-state index contributed by atoms with van der Waals surface area (Å²) in [6.07, 6.45) is 0.201. The summed E-state index contributed by atoms with van der Waals surface area (Å²) in [5.74, 6) is 0.303. The van der Waals surface area contributed by atoms with Crippen molar-refractivity contribution in [1.29, 1.82) is 5.26 Å². The van der Waals surface area contributed by atoms with Crippen LogP contribution in [-0.4, -0.2) is 31.0 Å². The highest BCUT2D eigenvalue weighted by atomic mass is 19.3. The molecule has 0 aromatic heterocycles. The minimum atomic E-state index is -2.25. The van der Waals surface area contributed by atoms with Crippen LogP contribution in [0.1, 0.15) is 19.3 Å². The first kappa shape index (κ1) is 10.4. The molecule has 1 aliphatic heterocycles. The molecule has 1 rings (SSSR count). The Balaban J connectivity index is 2.29. The quantitative estimate of drug-likeness (QED) is 0.676. The van der Waals surface area contributed by atoms with Crippen molar-refractivity contribution in [2.24, 2.45) is 5.92 Å². The molecule has 1 saturated heterocycles. The summed E-state index contributed by atoms with van der Waals surface area (Å²) in [6.45, 7) is 1.28. The van der Waals surface area contributed by atoms with Crippen LogP contribution in [0.15, 0.2) is 0 Å². The zero-order valence-electron chi connectivity index (χ0n) is 7.55. The van der Waals surface area contributed by atoms with Crippen LogP contribution in [0.25, 0.3) is 0 Å². The van der Waals surface area contributed by atoms with Gasteiger partial charge in [-0.05, 0) is 25.3 Å². The van der Waals surface area contributed by atoms with Gasteiger partial charge in [0.05, 0.1) is 12.6 Å². The fraction of sp³-hybridized carbons (Fsp3) is 0.889. The minimum absolute atomic E-state index is 0.137. The first-order chi connectivity index (χ1) is 6.22. The number of nitriles is 1. The highest BCUT2D eigenvalue weighted by molar-refractivity contribution is 4.81. The number of hydrogen-bond donors (Lipinski definition) is 0. The largest absolute Gasteiger partial charge is 0.297 e. The van der Waals surface area contributed by atoms with E-state index in [-0.39, 0.29) is 6.54 Å². The number of likely N-dealkylation sites (tertiary alicyclic amines) is 1. The van der Waals surface area contributed by atoms with E-state index < -0.39 is 6.43 Å². The Kier molecular flexibility index (Phi) is 4.10. The van der Waals surface area contributed by atoms with Gasteiger partial charge in [-0.1, -0.05) is 0 Å². The van der Waals surface area contributed by atoms with E-state index >= 15 is 0 Å². The molecule has 13 heavy (non-hydrogen) atoms. The van der Waals surface area contributed by atoms with Crippen molar-refractivity contribution in [1.82, 2.24) is 4.90 Å². The summed E-state index contributed by atoms with van der Waals surface area (Å²) < 4.78 is 24.1. The van der Waals surface area contributed by atoms with Crippen LogP contribution in [0.2, 0.25) is 0 Å². The van der Waals surface area contributed by atoms with Gasteiger partial charge >= 0.3 is 0 Å². The van der Waals surface area contributed by atoms with Gasteiger partial charge in [0.25, 0.3) is 6.43 Å². The molecule has 4 heteroatoms. The van der Waals surface area contributed by atoms with Crippen molar-refractivity contribution in [2.45, 2.75) is 25.7 Å². The maximum absolute atomic E-state index is 12.0. The monoisotopic (exact) mass is 188 g/mol. The summed E-state index contributed by atoms with van der Waals surface area (Å²) in [7, 11) is 0. The molecule has 1 fully saturated rings. The molecule has 0 aromatic rings. The second-order valence-electron chi connectivity index (χ2n) is 3.52. The number of rotatable bonds is 3. The topological polar surface area (TPSA) is 27.0 Å². The van der Waals surface area contributed by atoms with Gasteiger partial charge in [-0.25, -0.2) is 8.78 Å². The molecule has 0 aromatic carbocycles. The molecule has 0 spiro atoms. The van der Waals surface area contributed by atoms with E-state index in [1.165, 1.54) is 0 Å². The molecule has 1 unspecified atom stereocenters. The van der Waals surface area contributed by atoms with Gasteiger partial charge in [-0.3, -0.25) is 4.90 Å². The van der Waals surface area contributed by atoms with E-state index in [1.54, 1.807) is 4.90 Å². The molecule has 1 heterocycles. The van der Waals surface area contributed by atoms with Crippen LogP contribution < -0.4 is 0 Å². The van der Waals surface area contributed by atoms with Crippen molar-refractivity contribution in [3.63, 3.8) is 0 Å². The Bertz CT molecular complexity index is 189. The Labute approximate surface area is 77.1 Å². The van der Waals surface area contributed by atoms with Crippen LogP contribution in [0, 0.1) is 17.2 Å². The molecule has 0 aliphatic carbocycles. The second kappa shape index (κ2) is 5.13. The predicted octanol–water partition coefficient (Wildman–Crippen LogP) is 1.88. The van der Waals surface area contributed by atoms with Gasteiger partial charge in [0.2, 0.25) is 0 Å². The molecule has 0 saturated carbocycles. The number of nitrogens with zero attached hydrogens (tertiary/aromatic N) is 2. The number of halogens is 2. The average molecular weight is 188 g/mol. The smallest absolute Gasteiger partial charge is 0.251 e. The first-order valence-corrected chi connectivity index (χ1v) is 4.60. The average Bonchev–Trinajstić information content (AvgIpc) is 2.04. The normalized spacial score (nSPS) is 24.6. The van der Waals surface area contributed by atoms with Gasteiger partial charge in [0.1, 0.15) is 0 Å². The fourth-order valence-corrected chi connectivity index (χ4v) is 1.81. The number of hydrogen-bond acceptors (Lipinski definition) is 2. The molecular formula is C9H14F2N2. The molecule has 0 N–H and O–H groups in total. The van der Waals surface area contributed by atoms with Gasteiger partial charge in [0, 0.05) is 13.0 Å². The zero-order valence-corrected chi connectivity index (χ0v) is 7.55. The second-order valence-corrected chi connectivity index (χ2v) is 3.52. The van der Waals surface area contributed by atoms with E-state index in [4.69, 9.17) is 5.26 Å². The van der Waals surface area contributed by atoms with Gasteiger partial charge in [-0.15, -0.1) is 0 Å². The molecular weight excluding hydrogens is 174 g/mol. The van der Waals surface area contributed by atoms with Crippen LogP contribution in [0.5, 0.6) is 0 Å². The van der Waals surface area contributed by atoms with Crippen molar-refractivity contribution in [3.05, 3.63) is 0 Å². The van der Waals surface area contributed by atoms with E-state index in [0.717, 1.165) is 19.4 Å². The third-order valence-electron chi connectivity index (χ3n) is 2.38. The minimum Gasteiger partial charge on any atom is -0.297 e. The molecule has 1 aliphatic rings. The molecule has 0 amide bonds. The summed E-state index contributed by atoms with van der Waals surface area (Å²) in [6, 6.07) is 2.10. The first-order valence-electron chi connectivity index (χ1n) is 4.60. The van der Waals surface area contributed by atoms with Crippen LogP contribution in [0.4, 0.5) is 8.78 Å². The number of alkyl halides is 2. The van der Waals surface area contributed by atoms with E-state index in [9.17, 15) is 8.78 Å². The zero-order chi connectivity index (χ0) is 9.68. The van der Waals surface area contributed by atoms with Crippen molar-refractivity contribution < 1.29 is 8.78 Å². The highest BCUT2D eigenvalue weighted by Gasteiger charge is 2.21. The lowest BCUT2D eigenvalue weighted by Gasteiger charge is -2.31. The molecule has 74 valence electrons. The lowest BCUT2D eigenvalue weighted by Crippen LogP contribution is -2.38. The van der Waals surface area contributed by atoms with Gasteiger partial charge in [0.15, 0.2) is 0 Å². The summed E-state index contributed by atoms with van der Waals surface area (Å²) in [5.41, 5.74) is 0. The lowest BCUT2D eigenvalue weighted by molar-refractivity contribution is 0.0655. The summed E-state index contributed by atoms with van der Waals surface area (Å²) in [4.78, 5) is 1.76. The maximum atomic E-state index is 12.0. The third kappa shape index (κ3) is 3.69. The van der Waals surface area contributed by atoms with E-state index in [2.05, 4.69) is 6.07 Å². The number of piperidine rings is 1. The highest BCUT2D eigenvalue weighted by Crippen LogP contribution is 2.19. The van der Waals surface area contributed by atoms with Crippen LogP contribution in [-0.2, 0) is 0 Å². The summed E-state index contributed by atoms with van der Waals surface area (Å²) >= 11 is 0. The Hall–Kier alpha value is -0.690. The van der Waals surface area contributed by atoms with E-state index in [0.29, 0.717) is 18.9 Å². The third-order valence-corrected chi connectivity index (χ3v) is 2.38. The van der Waals surface area contributed by atoms with E-state index in [1.807, 2.05) is 0 Å². The lowest BCUT2D eigenvalue weighted by atomic mass is 9.95. The summed E-state index contributed by atoms with van der Waals surface area (Å²) in [5, 5.41) is 8.47. The predicted molar refractivity (Wildman–Crippen MR) is 45.4 cm³/mol. The van der Waals surface area contributed by atoms with Crippen molar-refractivity contribution in [2.75, 3.05) is 19.6 Å². The van der Waals surface area contributed by atoms with Gasteiger partial charge in [-0.2, -0.15) is 5.26 Å². The Morgan fingerprint density at radius 3 is 2.92 bits per heavy atom. The van der Waals surface area contributed by atoms with Crippen molar-refractivity contribution >= 4 is 0 Å².